The molecule has 2 fully saturated rings. The first-order chi connectivity index (χ1) is 8.08. The molecule has 3 heteroatoms. The van der Waals surface area contributed by atoms with Crippen molar-refractivity contribution in [2.75, 3.05) is 13.2 Å². The number of nitrogens with two attached hydrogens (primary N) is 1. The quantitative estimate of drug-likeness (QED) is 0.817. The zero-order chi connectivity index (χ0) is 12.5. The third kappa shape index (κ3) is 2.55. The number of ether oxygens (including phenoxy) is 1. The van der Waals surface area contributed by atoms with Gasteiger partial charge in [-0.1, -0.05) is 13.8 Å². The van der Waals surface area contributed by atoms with Gasteiger partial charge in [-0.3, -0.25) is 4.79 Å². The highest BCUT2D eigenvalue weighted by molar-refractivity contribution is 5.84. The second-order valence-electron chi connectivity index (χ2n) is 6.06. The van der Waals surface area contributed by atoms with Gasteiger partial charge < -0.3 is 10.5 Å². The van der Waals surface area contributed by atoms with Gasteiger partial charge in [0.1, 0.15) is 5.78 Å². The number of hydrogen-bond donors (Lipinski definition) is 1. The van der Waals surface area contributed by atoms with E-state index in [0.717, 1.165) is 32.3 Å². The Balaban J connectivity index is 1.98. The summed E-state index contributed by atoms with van der Waals surface area (Å²) >= 11 is 0. The van der Waals surface area contributed by atoms with E-state index in [4.69, 9.17) is 10.5 Å². The molecule has 2 N–H and O–H groups in total. The zero-order valence-electron chi connectivity index (χ0n) is 11.1. The zero-order valence-corrected chi connectivity index (χ0v) is 11.1. The van der Waals surface area contributed by atoms with Gasteiger partial charge in [-0.15, -0.1) is 0 Å². The molecule has 1 aliphatic carbocycles. The maximum atomic E-state index is 12.5. The highest BCUT2D eigenvalue weighted by atomic mass is 16.5. The van der Waals surface area contributed by atoms with Gasteiger partial charge in [0.15, 0.2) is 0 Å². The predicted molar refractivity (Wildman–Crippen MR) is 67.6 cm³/mol. The van der Waals surface area contributed by atoms with Gasteiger partial charge in [-0.2, -0.15) is 0 Å². The molecule has 1 spiro atoms. The number of rotatable bonds is 4. The summed E-state index contributed by atoms with van der Waals surface area (Å²) in [5, 5.41) is 0. The smallest absolute Gasteiger partial charge is 0.140 e. The number of carbonyl (C=O) groups is 1. The van der Waals surface area contributed by atoms with Crippen molar-refractivity contribution in [2.24, 2.45) is 23.5 Å². The lowest BCUT2D eigenvalue weighted by Crippen LogP contribution is -2.48. The third-order valence-electron chi connectivity index (χ3n) is 4.58. The molecule has 2 aliphatic rings. The van der Waals surface area contributed by atoms with Crippen molar-refractivity contribution in [2.45, 2.75) is 51.6 Å². The lowest BCUT2D eigenvalue weighted by molar-refractivity contribution is -0.158. The van der Waals surface area contributed by atoms with Crippen LogP contribution in [0.1, 0.15) is 46.0 Å². The van der Waals surface area contributed by atoms with Crippen LogP contribution in [-0.2, 0) is 9.53 Å². The molecule has 3 nitrogen and oxygen atoms in total. The molecule has 1 saturated heterocycles. The number of hydrogen-bond acceptors (Lipinski definition) is 3. The van der Waals surface area contributed by atoms with Crippen LogP contribution in [0.25, 0.3) is 0 Å². The van der Waals surface area contributed by atoms with E-state index < -0.39 is 0 Å². The van der Waals surface area contributed by atoms with Gasteiger partial charge in [0, 0.05) is 25.0 Å². The predicted octanol–water partition coefficient (Wildman–Crippen LogP) is 2.14. The van der Waals surface area contributed by atoms with Crippen LogP contribution in [0.3, 0.4) is 0 Å². The van der Waals surface area contributed by atoms with Gasteiger partial charge >= 0.3 is 0 Å². The van der Waals surface area contributed by atoms with Crippen molar-refractivity contribution in [1.82, 2.24) is 0 Å². The average molecular weight is 239 g/mol. The standard InChI is InChI=1S/C14H25NO2/c1-10(2)12(9-15)13(16)11-4-7-17-14(8-11)5-3-6-14/h10-12H,3-9,15H2,1-2H3. The summed E-state index contributed by atoms with van der Waals surface area (Å²) in [6.45, 7) is 5.42. The average Bonchev–Trinajstić information content (AvgIpc) is 2.27. The molecule has 0 radical (unpaired) electrons. The summed E-state index contributed by atoms with van der Waals surface area (Å²) in [5.41, 5.74) is 5.81. The summed E-state index contributed by atoms with van der Waals surface area (Å²) in [5.74, 6) is 0.972. The summed E-state index contributed by atoms with van der Waals surface area (Å²) in [6.07, 6.45) is 5.38. The van der Waals surface area contributed by atoms with Crippen molar-refractivity contribution in [3.8, 4) is 0 Å². The van der Waals surface area contributed by atoms with Crippen LogP contribution in [0, 0.1) is 17.8 Å². The first kappa shape index (κ1) is 13.0. The summed E-state index contributed by atoms with van der Waals surface area (Å²) in [6, 6.07) is 0. The van der Waals surface area contributed by atoms with E-state index in [1.165, 1.54) is 6.42 Å². The van der Waals surface area contributed by atoms with Crippen molar-refractivity contribution in [3.63, 3.8) is 0 Å². The monoisotopic (exact) mass is 239 g/mol. The Morgan fingerprint density at radius 1 is 1.47 bits per heavy atom. The normalized spacial score (nSPS) is 29.1. The van der Waals surface area contributed by atoms with Gasteiger partial charge in [0.05, 0.1) is 5.60 Å². The fourth-order valence-electron chi connectivity index (χ4n) is 3.21. The Morgan fingerprint density at radius 2 is 2.18 bits per heavy atom. The van der Waals surface area contributed by atoms with E-state index in [-0.39, 0.29) is 17.4 Å². The molecule has 2 unspecified atom stereocenters. The number of carbonyl (C=O) groups excluding carboxylic acids is 1. The van der Waals surface area contributed by atoms with Crippen LogP contribution in [-0.4, -0.2) is 24.5 Å². The summed E-state index contributed by atoms with van der Waals surface area (Å²) in [7, 11) is 0. The van der Waals surface area contributed by atoms with E-state index in [9.17, 15) is 4.79 Å². The van der Waals surface area contributed by atoms with Crippen LogP contribution >= 0.6 is 0 Å². The van der Waals surface area contributed by atoms with Crippen LogP contribution in [0.2, 0.25) is 0 Å². The van der Waals surface area contributed by atoms with Crippen molar-refractivity contribution in [3.05, 3.63) is 0 Å². The molecule has 0 amide bonds. The summed E-state index contributed by atoms with van der Waals surface area (Å²) < 4.78 is 5.87. The first-order valence-corrected chi connectivity index (χ1v) is 6.96. The number of ketones is 1. The molecule has 0 aromatic rings. The Morgan fingerprint density at radius 3 is 2.65 bits per heavy atom. The molecule has 1 aliphatic heterocycles. The van der Waals surface area contributed by atoms with Gasteiger partial charge in [0.25, 0.3) is 0 Å². The second kappa shape index (κ2) is 5.07. The highest BCUT2D eigenvalue weighted by Crippen LogP contribution is 2.45. The minimum absolute atomic E-state index is 0.0372. The van der Waals surface area contributed by atoms with Gasteiger partial charge in [-0.25, -0.2) is 0 Å². The molecule has 2 atom stereocenters. The molecule has 0 bridgehead atoms. The highest BCUT2D eigenvalue weighted by Gasteiger charge is 2.45. The Labute approximate surface area is 104 Å². The van der Waals surface area contributed by atoms with E-state index >= 15 is 0 Å². The second-order valence-corrected chi connectivity index (χ2v) is 6.06. The minimum atomic E-state index is 0.0372. The number of Topliss-reactive ketones (excluding diaryl/α,β-unsaturated/α-hetero) is 1. The first-order valence-electron chi connectivity index (χ1n) is 6.96. The van der Waals surface area contributed by atoms with Gasteiger partial charge in [-0.05, 0) is 38.0 Å². The minimum Gasteiger partial charge on any atom is -0.375 e. The fourth-order valence-corrected chi connectivity index (χ4v) is 3.21. The molecule has 0 aromatic heterocycles. The maximum absolute atomic E-state index is 12.5. The molecular formula is C14H25NO2. The SMILES string of the molecule is CC(C)C(CN)C(=O)C1CCOC2(CCC2)C1. The van der Waals surface area contributed by atoms with Crippen LogP contribution in [0.4, 0.5) is 0 Å². The largest absolute Gasteiger partial charge is 0.375 e. The molecule has 98 valence electrons. The summed E-state index contributed by atoms with van der Waals surface area (Å²) in [4.78, 5) is 12.5. The molecule has 1 heterocycles. The molecule has 1 saturated carbocycles. The van der Waals surface area contributed by atoms with Gasteiger partial charge in [0.2, 0.25) is 0 Å². The molecular weight excluding hydrogens is 214 g/mol. The van der Waals surface area contributed by atoms with Crippen LogP contribution in [0.5, 0.6) is 0 Å². The maximum Gasteiger partial charge on any atom is 0.140 e. The van der Waals surface area contributed by atoms with E-state index in [2.05, 4.69) is 13.8 Å². The van der Waals surface area contributed by atoms with E-state index in [1.807, 2.05) is 0 Å². The van der Waals surface area contributed by atoms with Crippen LogP contribution in [0.15, 0.2) is 0 Å². The van der Waals surface area contributed by atoms with E-state index in [1.54, 1.807) is 0 Å². The Kier molecular flexibility index (Phi) is 3.88. The molecule has 17 heavy (non-hydrogen) atoms. The topological polar surface area (TPSA) is 52.3 Å². The molecule has 0 aromatic carbocycles. The Hall–Kier alpha value is -0.410. The molecule has 2 rings (SSSR count). The third-order valence-corrected chi connectivity index (χ3v) is 4.58. The van der Waals surface area contributed by atoms with E-state index in [0.29, 0.717) is 18.2 Å². The van der Waals surface area contributed by atoms with Crippen LogP contribution < -0.4 is 5.73 Å². The van der Waals surface area contributed by atoms with Crippen molar-refractivity contribution in [1.29, 1.82) is 0 Å². The van der Waals surface area contributed by atoms with Crippen molar-refractivity contribution >= 4 is 5.78 Å². The fraction of sp³-hybridized carbons (Fsp3) is 0.929. The lowest BCUT2D eigenvalue weighted by atomic mass is 9.69. The lowest BCUT2D eigenvalue weighted by Gasteiger charge is -2.47. The Bertz CT molecular complexity index is 284. The van der Waals surface area contributed by atoms with Crippen molar-refractivity contribution < 1.29 is 9.53 Å².